The average Bonchev–Trinajstić information content (AvgIpc) is 3.11. The van der Waals surface area contributed by atoms with Crippen LogP contribution in [0.2, 0.25) is 0 Å². The molecule has 4 rings (SSSR count). The van der Waals surface area contributed by atoms with Crippen LogP contribution in [-0.2, 0) is 10.0 Å². The maximum Gasteiger partial charge on any atom is 0.284 e. The number of benzene rings is 3. The zero-order valence-corrected chi connectivity index (χ0v) is 14.4. The number of fused-ring (bicyclic) bond motifs is 1. The fraction of sp³-hybridized carbons (Fsp3) is 0. The summed E-state index contributed by atoms with van der Waals surface area (Å²) in [5.41, 5.74) is 1.97. The zero-order chi connectivity index (χ0) is 18.0. The van der Waals surface area contributed by atoms with Crippen LogP contribution in [0.4, 0.5) is 0 Å². The molecule has 0 atom stereocenters. The monoisotopic (exact) mass is 362 g/mol. The predicted molar refractivity (Wildman–Crippen MR) is 99.5 cm³/mol. The van der Waals surface area contributed by atoms with E-state index in [0.29, 0.717) is 16.6 Å². The Morgan fingerprint density at radius 1 is 0.808 bits per heavy atom. The van der Waals surface area contributed by atoms with Crippen molar-refractivity contribution in [3.63, 3.8) is 0 Å². The first-order valence-corrected chi connectivity index (χ1v) is 9.35. The van der Waals surface area contributed by atoms with Gasteiger partial charge in [0.2, 0.25) is 0 Å². The highest BCUT2D eigenvalue weighted by atomic mass is 32.2. The van der Waals surface area contributed by atoms with E-state index >= 15 is 0 Å². The molecular formula is C19H14N4O2S. The molecule has 0 saturated carbocycles. The van der Waals surface area contributed by atoms with E-state index in [-0.39, 0.29) is 10.7 Å². The van der Waals surface area contributed by atoms with Crippen molar-refractivity contribution in [3.8, 4) is 0 Å². The fourth-order valence-electron chi connectivity index (χ4n) is 2.59. The van der Waals surface area contributed by atoms with Crippen molar-refractivity contribution >= 4 is 26.9 Å². The van der Waals surface area contributed by atoms with Gasteiger partial charge in [0.1, 0.15) is 5.52 Å². The first kappa shape index (κ1) is 16.2. The van der Waals surface area contributed by atoms with Crippen LogP contribution in [0.25, 0.3) is 11.0 Å². The maximum atomic E-state index is 12.8. The minimum absolute atomic E-state index is 0.123. The molecule has 0 spiro atoms. The smallest absolute Gasteiger partial charge is 0.199 e. The maximum absolute atomic E-state index is 12.8. The Bertz CT molecular complexity index is 1180. The second kappa shape index (κ2) is 6.53. The lowest BCUT2D eigenvalue weighted by molar-refractivity contribution is 0.597. The quantitative estimate of drug-likeness (QED) is 0.414. The van der Waals surface area contributed by atoms with Crippen LogP contribution < -0.4 is 0 Å². The van der Waals surface area contributed by atoms with Gasteiger partial charge in [0, 0.05) is 5.56 Å². The molecule has 26 heavy (non-hydrogen) atoms. The third-order valence-corrected chi connectivity index (χ3v) is 5.11. The number of para-hydroxylation sites is 1. The molecule has 128 valence electrons. The van der Waals surface area contributed by atoms with Gasteiger partial charge < -0.3 is 0 Å². The normalized spacial score (nSPS) is 12.4. The number of hydrogen-bond donors (Lipinski definition) is 0. The summed E-state index contributed by atoms with van der Waals surface area (Å²) in [6.45, 7) is 0. The van der Waals surface area contributed by atoms with Gasteiger partial charge in [0.15, 0.2) is 5.84 Å². The molecule has 7 heteroatoms. The van der Waals surface area contributed by atoms with E-state index < -0.39 is 10.0 Å². The average molecular weight is 362 g/mol. The summed E-state index contributed by atoms with van der Waals surface area (Å²) in [6, 6.07) is 24.5. The van der Waals surface area contributed by atoms with E-state index in [0.717, 1.165) is 0 Å². The van der Waals surface area contributed by atoms with Gasteiger partial charge in [-0.3, -0.25) is 0 Å². The lowest BCUT2D eigenvalue weighted by Crippen LogP contribution is -2.17. The van der Waals surface area contributed by atoms with Crippen LogP contribution in [0.15, 0.2) is 94.2 Å². The highest BCUT2D eigenvalue weighted by Crippen LogP contribution is 2.17. The van der Waals surface area contributed by atoms with E-state index in [1.54, 1.807) is 30.3 Å². The Morgan fingerprint density at radius 3 is 2.15 bits per heavy atom. The first-order valence-electron chi connectivity index (χ1n) is 7.91. The molecule has 0 aliphatic heterocycles. The standard InChI is InChI=1S/C19H14N4O2S/c24-26(25,16-11-5-2-6-12-16)21-19(15-9-3-1-4-10-15)23-18-14-8-7-13-17(18)20-22-23/h1-14H/b21-19+. The largest absolute Gasteiger partial charge is 0.284 e. The van der Waals surface area contributed by atoms with Gasteiger partial charge in [-0.05, 0) is 24.3 Å². The van der Waals surface area contributed by atoms with Crippen molar-refractivity contribution < 1.29 is 8.42 Å². The van der Waals surface area contributed by atoms with Crippen molar-refractivity contribution in [1.29, 1.82) is 0 Å². The summed E-state index contributed by atoms with van der Waals surface area (Å²) >= 11 is 0. The molecule has 0 aliphatic carbocycles. The Morgan fingerprint density at radius 2 is 1.42 bits per heavy atom. The Kier molecular flexibility index (Phi) is 4.06. The van der Waals surface area contributed by atoms with Gasteiger partial charge in [-0.2, -0.15) is 13.1 Å². The summed E-state index contributed by atoms with van der Waals surface area (Å²) in [6.07, 6.45) is 0. The van der Waals surface area contributed by atoms with E-state index in [2.05, 4.69) is 14.7 Å². The molecule has 0 aliphatic rings. The molecule has 0 fully saturated rings. The molecule has 0 radical (unpaired) electrons. The number of aromatic nitrogens is 3. The fourth-order valence-corrected chi connectivity index (χ4v) is 3.60. The van der Waals surface area contributed by atoms with E-state index in [9.17, 15) is 8.42 Å². The summed E-state index contributed by atoms with van der Waals surface area (Å²) in [5.74, 6) is 0.197. The van der Waals surface area contributed by atoms with Crippen molar-refractivity contribution in [2.75, 3.05) is 0 Å². The van der Waals surface area contributed by atoms with Crippen LogP contribution in [0.3, 0.4) is 0 Å². The number of rotatable bonds is 3. The molecule has 0 unspecified atom stereocenters. The van der Waals surface area contributed by atoms with Gasteiger partial charge in [0.25, 0.3) is 10.0 Å². The number of hydrogen-bond acceptors (Lipinski definition) is 4. The minimum Gasteiger partial charge on any atom is -0.199 e. The molecule has 0 N–H and O–H groups in total. The second-order valence-electron chi connectivity index (χ2n) is 5.56. The minimum atomic E-state index is -3.90. The molecule has 4 aromatic rings. The SMILES string of the molecule is O=S(=O)(/N=C(\c1ccccc1)n1nnc2ccccc21)c1ccccc1. The molecule has 3 aromatic carbocycles. The number of sulfonamides is 1. The summed E-state index contributed by atoms with van der Waals surface area (Å²) in [4.78, 5) is 0.123. The van der Waals surface area contributed by atoms with Gasteiger partial charge in [-0.15, -0.1) is 9.50 Å². The Labute approximate surface area is 150 Å². The van der Waals surface area contributed by atoms with Crippen molar-refractivity contribution in [1.82, 2.24) is 15.0 Å². The summed E-state index contributed by atoms with van der Waals surface area (Å²) in [7, 11) is -3.90. The van der Waals surface area contributed by atoms with E-state index in [1.165, 1.54) is 16.8 Å². The Balaban J connectivity index is 1.96. The van der Waals surface area contributed by atoms with E-state index in [1.807, 2.05) is 42.5 Å². The third-order valence-electron chi connectivity index (χ3n) is 3.83. The van der Waals surface area contributed by atoms with Crippen molar-refractivity contribution in [2.45, 2.75) is 4.90 Å². The van der Waals surface area contributed by atoms with Crippen LogP contribution >= 0.6 is 0 Å². The van der Waals surface area contributed by atoms with Gasteiger partial charge in [0.05, 0.1) is 10.4 Å². The highest BCUT2D eigenvalue weighted by Gasteiger charge is 2.18. The summed E-state index contributed by atoms with van der Waals surface area (Å²) in [5, 5.41) is 8.23. The third kappa shape index (κ3) is 3.00. The lowest BCUT2D eigenvalue weighted by Gasteiger charge is -2.08. The molecule has 0 saturated heterocycles. The first-order chi connectivity index (χ1) is 12.6. The molecular weight excluding hydrogens is 348 g/mol. The molecule has 0 bridgehead atoms. The van der Waals surface area contributed by atoms with Crippen LogP contribution in [0.5, 0.6) is 0 Å². The van der Waals surface area contributed by atoms with Crippen LogP contribution in [0, 0.1) is 0 Å². The van der Waals surface area contributed by atoms with Crippen molar-refractivity contribution in [2.24, 2.45) is 4.40 Å². The van der Waals surface area contributed by atoms with Gasteiger partial charge in [-0.25, -0.2) is 0 Å². The molecule has 1 heterocycles. The summed E-state index contributed by atoms with van der Waals surface area (Å²) < 4.78 is 31.1. The van der Waals surface area contributed by atoms with Gasteiger partial charge in [-0.1, -0.05) is 65.9 Å². The molecule has 0 amide bonds. The van der Waals surface area contributed by atoms with Crippen molar-refractivity contribution in [3.05, 3.63) is 90.5 Å². The number of nitrogens with zero attached hydrogens (tertiary/aromatic N) is 4. The predicted octanol–water partition coefficient (Wildman–Crippen LogP) is 3.12. The highest BCUT2D eigenvalue weighted by molar-refractivity contribution is 7.90. The Hall–Kier alpha value is -3.32. The van der Waals surface area contributed by atoms with Crippen LogP contribution in [-0.4, -0.2) is 29.2 Å². The topological polar surface area (TPSA) is 77.2 Å². The lowest BCUT2D eigenvalue weighted by atomic mass is 10.2. The van der Waals surface area contributed by atoms with Gasteiger partial charge >= 0.3 is 0 Å². The second-order valence-corrected chi connectivity index (χ2v) is 7.16. The zero-order valence-electron chi connectivity index (χ0n) is 13.6. The van der Waals surface area contributed by atoms with E-state index in [4.69, 9.17) is 0 Å². The molecule has 1 aromatic heterocycles. The van der Waals surface area contributed by atoms with Crippen LogP contribution in [0.1, 0.15) is 5.56 Å². The molecule has 6 nitrogen and oxygen atoms in total.